The monoisotopic (exact) mass is 301 g/mol. The molecule has 1 N–H and O–H groups in total. The standard InChI is InChI=1S/C12H19N3O4S/c1-20(17,18)15-4-2-9(7-15)6-10-13-11(16)12(14-10)3-5-19-8-12/h9H,2-8H2,1H3,(H,13,14,16)/t9-,12?/m0/s1. The van der Waals surface area contributed by atoms with E-state index in [-0.39, 0.29) is 11.8 Å². The largest absolute Gasteiger partial charge is 0.378 e. The number of carbonyl (C=O) groups excluding carboxylic acids is 1. The number of nitrogens with one attached hydrogen (secondary N) is 1. The van der Waals surface area contributed by atoms with Crippen LogP contribution < -0.4 is 5.32 Å². The lowest BCUT2D eigenvalue weighted by molar-refractivity contribution is -0.123. The van der Waals surface area contributed by atoms with Crippen LogP contribution in [-0.4, -0.2) is 62.6 Å². The lowest BCUT2D eigenvalue weighted by atomic mass is 10.0. The molecule has 0 aromatic carbocycles. The second-order valence-electron chi connectivity index (χ2n) is 5.83. The van der Waals surface area contributed by atoms with Crippen molar-refractivity contribution in [1.29, 1.82) is 0 Å². The van der Waals surface area contributed by atoms with Gasteiger partial charge in [-0.3, -0.25) is 9.79 Å². The van der Waals surface area contributed by atoms with E-state index in [9.17, 15) is 13.2 Å². The molecule has 3 aliphatic heterocycles. The van der Waals surface area contributed by atoms with E-state index in [1.165, 1.54) is 10.6 Å². The maximum Gasteiger partial charge on any atom is 0.255 e. The molecule has 1 unspecified atom stereocenters. The predicted octanol–water partition coefficient (Wildman–Crippen LogP) is -0.655. The second kappa shape index (κ2) is 4.78. The molecule has 0 saturated carbocycles. The number of aliphatic imine (C=N–C) groups is 1. The molecular weight excluding hydrogens is 282 g/mol. The zero-order valence-electron chi connectivity index (χ0n) is 11.5. The van der Waals surface area contributed by atoms with E-state index in [1.807, 2.05) is 0 Å². The van der Waals surface area contributed by atoms with Gasteiger partial charge >= 0.3 is 0 Å². The Morgan fingerprint density at radius 2 is 2.35 bits per heavy atom. The van der Waals surface area contributed by atoms with Gasteiger partial charge in [0.15, 0.2) is 5.54 Å². The Morgan fingerprint density at radius 1 is 1.55 bits per heavy atom. The summed E-state index contributed by atoms with van der Waals surface area (Å²) in [6, 6.07) is 0. The summed E-state index contributed by atoms with van der Waals surface area (Å²) >= 11 is 0. The van der Waals surface area contributed by atoms with E-state index in [4.69, 9.17) is 4.74 Å². The first kappa shape index (κ1) is 14.0. The lowest BCUT2D eigenvalue weighted by Crippen LogP contribution is -2.40. The molecule has 3 rings (SSSR count). The van der Waals surface area contributed by atoms with Crippen LogP contribution in [0.25, 0.3) is 0 Å². The fraction of sp³-hybridized carbons (Fsp3) is 0.833. The summed E-state index contributed by atoms with van der Waals surface area (Å²) in [6.45, 7) is 1.98. The van der Waals surface area contributed by atoms with E-state index in [1.54, 1.807) is 0 Å². The van der Waals surface area contributed by atoms with Crippen molar-refractivity contribution in [3.63, 3.8) is 0 Å². The van der Waals surface area contributed by atoms with Crippen LogP contribution in [0.15, 0.2) is 4.99 Å². The van der Waals surface area contributed by atoms with Crippen molar-refractivity contribution < 1.29 is 17.9 Å². The van der Waals surface area contributed by atoms with Gasteiger partial charge in [0.05, 0.1) is 12.9 Å². The summed E-state index contributed by atoms with van der Waals surface area (Å²) in [7, 11) is -3.12. The van der Waals surface area contributed by atoms with Crippen molar-refractivity contribution in [2.45, 2.75) is 24.8 Å². The summed E-state index contributed by atoms with van der Waals surface area (Å²) in [5.74, 6) is 0.824. The topological polar surface area (TPSA) is 88.1 Å². The van der Waals surface area contributed by atoms with Crippen molar-refractivity contribution in [1.82, 2.24) is 9.62 Å². The van der Waals surface area contributed by atoms with Crippen molar-refractivity contribution in [3.05, 3.63) is 0 Å². The fourth-order valence-electron chi connectivity index (χ4n) is 3.04. The number of carbonyl (C=O) groups is 1. The van der Waals surface area contributed by atoms with Gasteiger partial charge < -0.3 is 10.1 Å². The van der Waals surface area contributed by atoms with Crippen LogP contribution in [-0.2, 0) is 19.6 Å². The molecule has 3 heterocycles. The quantitative estimate of drug-likeness (QED) is 0.750. The number of ether oxygens (including phenoxy) is 1. The highest BCUT2D eigenvalue weighted by Gasteiger charge is 2.47. The highest BCUT2D eigenvalue weighted by molar-refractivity contribution is 7.88. The smallest absolute Gasteiger partial charge is 0.255 e. The summed E-state index contributed by atoms with van der Waals surface area (Å²) in [4.78, 5) is 16.5. The molecule has 8 heteroatoms. The molecule has 0 radical (unpaired) electrons. The maximum atomic E-state index is 12.0. The van der Waals surface area contributed by atoms with Crippen LogP contribution in [0.2, 0.25) is 0 Å². The predicted molar refractivity (Wildman–Crippen MR) is 72.9 cm³/mol. The third-order valence-corrected chi connectivity index (χ3v) is 5.50. The van der Waals surface area contributed by atoms with Crippen molar-refractivity contribution in [3.8, 4) is 0 Å². The van der Waals surface area contributed by atoms with E-state index in [2.05, 4.69) is 10.3 Å². The minimum Gasteiger partial charge on any atom is -0.378 e. The number of hydrogen-bond donors (Lipinski definition) is 1. The summed E-state index contributed by atoms with van der Waals surface area (Å²) in [5.41, 5.74) is -0.718. The van der Waals surface area contributed by atoms with Crippen molar-refractivity contribution in [2.24, 2.45) is 10.9 Å². The highest BCUT2D eigenvalue weighted by Crippen LogP contribution is 2.29. The fourth-order valence-corrected chi connectivity index (χ4v) is 3.96. The number of amidine groups is 1. The molecule has 20 heavy (non-hydrogen) atoms. The molecule has 0 aliphatic carbocycles. The van der Waals surface area contributed by atoms with Gasteiger partial charge in [-0.25, -0.2) is 12.7 Å². The van der Waals surface area contributed by atoms with E-state index in [0.29, 0.717) is 45.0 Å². The third-order valence-electron chi connectivity index (χ3n) is 4.23. The van der Waals surface area contributed by atoms with Gasteiger partial charge in [0.25, 0.3) is 5.91 Å². The molecule has 7 nitrogen and oxygen atoms in total. The number of sulfonamides is 1. The Kier molecular flexibility index (Phi) is 3.34. The Bertz CT molecular complexity index is 551. The molecule has 2 fully saturated rings. The first-order valence-electron chi connectivity index (χ1n) is 6.82. The molecular formula is C12H19N3O4S. The molecule has 112 valence electrons. The van der Waals surface area contributed by atoms with Gasteiger partial charge in [-0.05, 0) is 12.3 Å². The van der Waals surface area contributed by atoms with Crippen molar-refractivity contribution >= 4 is 21.8 Å². The van der Waals surface area contributed by atoms with Gasteiger partial charge in [0.1, 0.15) is 5.84 Å². The summed E-state index contributed by atoms with van der Waals surface area (Å²) in [6.07, 6.45) is 3.29. The Hall–Kier alpha value is -0.990. The second-order valence-corrected chi connectivity index (χ2v) is 7.81. The number of hydrogen-bond acceptors (Lipinski definition) is 5. The van der Waals surface area contributed by atoms with Crippen LogP contribution in [0, 0.1) is 5.92 Å². The maximum absolute atomic E-state index is 12.0. The zero-order chi connectivity index (χ0) is 14.4. The highest BCUT2D eigenvalue weighted by atomic mass is 32.2. The first-order chi connectivity index (χ1) is 9.39. The molecule has 2 saturated heterocycles. The van der Waals surface area contributed by atoms with Crippen LogP contribution in [0.5, 0.6) is 0 Å². The lowest BCUT2D eigenvalue weighted by Gasteiger charge is -2.13. The van der Waals surface area contributed by atoms with Gasteiger partial charge in [-0.15, -0.1) is 0 Å². The SMILES string of the molecule is CS(=O)(=O)N1CC[C@@H](CC2=NC3(CCOC3)C(=O)N2)C1. The minimum atomic E-state index is -3.12. The molecule has 0 aromatic rings. The van der Waals surface area contributed by atoms with E-state index in [0.717, 1.165) is 6.42 Å². The Balaban J connectivity index is 1.64. The molecule has 1 spiro atoms. The van der Waals surface area contributed by atoms with Crippen molar-refractivity contribution in [2.75, 3.05) is 32.6 Å². The molecule has 3 aliphatic rings. The minimum absolute atomic E-state index is 0.0806. The number of rotatable bonds is 3. The van der Waals surface area contributed by atoms with Crippen LogP contribution >= 0.6 is 0 Å². The normalized spacial score (nSPS) is 34.8. The number of nitrogens with zero attached hydrogens (tertiary/aromatic N) is 2. The molecule has 0 aromatic heterocycles. The van der Waals surface area contributed by atoms with Gasteiger partial charge in [-0.1, -0.05) is 0 Å². The molecule has 0 bridgehead atoms. The zero-order valence-corrected chi connectivity index (χ0v) is 12.3. The van der Waals surface area contributed by atoms with E-state index >= 15 is 0 Å². The first-order valence-corrected chi connectivity index (χ1v) is 8.67. The Labute approximate surface area is 118 Å². The van der Waals surface area contributed by atoms with Gasteiger partial charge in [-0.2, -0.15) is 0 Å². The van der Waals surface area contributed by atoms with Crippen LogP contribution in [0.3, 0.4) is 0 Å². The van der Waals surface area contributed by atoms with Gasteiger partial charge in [0, 0.05) is 32.5 Å². The summed E-state index contributed by atoms with van der Waals surface area (Å²) in [5, 5.41) is 2.83. The van der Waals surface area contributed by atoms with Gasteiger partial charge in [0.2, 0.25) is 10.0 Å². The Morgan fingerprint density at radius 3 is 2.95 bits per heavy atom. The van der Waals surface area contributed by atoms with E-state index < -0.39 is 15.6 Å². The average molecular weight is 301 g/mol. The molecule has 1 amide bonds. The third kappa shape index (κ3) is 2.47. The average Bonchev–Trinajstić information content (AvgIpc) is 3.02. The summed E-state index contributed by atoms with van der Waals surface area (Å²) < 4.78 is 29.7. The van der Waals surface area contributed by atoms with Crippen LogP contribution in [0.4, 0.5) is 0 Å². The number of amides is 1. The molecule has 2 atom stereocenters. The van der Waals surface area contributed by atoms with Crippen LogP contribution in [0.1, 0.15) is 19.3 Å².